The lowest BCUT2D eigenvalue weighted by Crippen LogP contribution is -2.70. The quantitative estimate of drug-likeness (QED) is 0.0216. The van der Waals surface area contributed by atoms with Crippen LogP contribution in [-0.4, -0.2) is 238 Å². The number of rotatable bonds is 22. The molecular weight excluding hydrogens is 1930 g/mol. The predicted octanol–water partition coefficient (Wildman–Crippen LogP) is 19.0. The first-order valence-electron chi connectivity index (χ1n) is 40.1. The second-order valence-corrected chi connectivity index (χ2v) is 35.6. The number of carbonyl (C=O) groups excluding carboxylic acids is 7. The lowest BCUT2D eigenvalue weighted by atomic mass is 9.66. The van der Waals surface area contributed by atoms with Crippen LogP contribution in [0.5, 0.6) is 0 Å². The molecule has 1 saturated heterocycles. The fourth-order valence-electron chi connectivity index (χ4n) is 12.9. The van der Waals surface area contributed by atoms with Crippen LogP contribution in [0, 0.1) is 29.6 Å². The normalized spacial score (nSPS) is 24.6. The Morgan fingerprint density at radius 3 is 1.15 bits per heavy atom. The molecule has 0 aromatic rings. The molecule has 0 amide bonds. The van der Waals surface area contributed by atoms with Gasteiger partial charge in [0, 0.05) is 63.7 Å². The molecule has 0 aromatic carbocycles. The van der Waals surface area contributed by atoms with Crippen molar-refractivity contribution in [3.63, 3.8) is 0 Å². The van der Waals surface area contributed by atoms with Crippen LogP contribution in [0.1, 0.15) is 215 Å². The molecule has 0 spiro atoms. The molecule has 0 radical (unpaired) electrons. The first kappa shape index (κ1) is 132. The van der Waals surface area contributed by atoms with Gasteiger partial charge in [0.25, 0.3) is 5.60 Å². The molecule has 5 fully saturated rings. The zero-order valence-corrected chi connectivity index (χ0v) is 77.3. The molecule has 8 N–H and O–H groups in total. The van der Waals surface area contributed by atoms with Crippen LogP contribution < -0.4 is 0 Å². The van der Waals surface area contributed by atoms with Gasteiger partial charge < -0.3 is 78.7 Å². The van der Waals surface area contributed by atoms with E-state index in [2.05, 4.69) is 79.2 Å². The van der Waals surface area contributed by atoms with E-state index in [1.807, 2.05) is 0 Å². The summed E-state index contributed by atoms with van der Waals surface area (Å²) in [5.41, 5.74) is -31.7. The third-order valence-electron chi connectivity index (χ3n) is 22.3. The second kappa shape index (κ2) is 47.1. The van der Waals surface area contributed by atoms with Crippen molar-refractivity contribution in [1.29, 1.82) is 0 Å². The zero-order valence-electron chi connectivity index (χ0n) is 77.3. The summed E-state index contributed by atoms with van der Waals surface area (Å²) >= 11 is 0. The van der Waals surface area contributed by atoms with Crippen LogP contribution >= 0.6 is 0 Å². The van der Waals surface area contributed by atoms with Gasteiger partial charge in [0.2, 0.25) is 5.60 Å². The summed E-state index contributed by atoms with van der Waals surface area (Å²) in [7, 11) is 1.33. The standard InChI is InChI=1S/C16H19F9O4.C12H15F5O4.C12H17F3O3.C11H17F3O.2C10H15F3O3.C8H11F3O3.C5H8O2/c1-7(2)11(26)29-10-5-8(12(3,27)14(17,18)19)4-9(6-10)13(28,15(20,21)22)16(23,24)25;1-6(2)8(18)20-7-5-9(3,19)21-10(4,11(7,13)14)12(15,16)17;1-8(2)9(16)18-11(6-4-5-7-11)10(3,17)12(13,14)15;1-10(15,11(12,13)14)6-9-5-7-2-3-8(9)4-7;1-6(2)7(14)16-8(3,4)9(5,15)10(11,12)13;1-6(2)8(14)16-7(3)5-9(4,15)10(11,12)13;1-5(2)6(12)14-4-7(3,13)8(9,10)11;1-4(2)5(6)7-3/h8-10,27-28H,1,4-6H2,2-3H3;7,19H,1,5H2,2-4H3;17H,1,4-7H2,2-3H3;7-9,15H,2-6H2,1H3;15H,1H2,2-5H3;7,15H,1,5H2,2-4H3;13H,1,4H2,2-3H3;1H2,2-3H3. The Morgan fingerprint density at radius 2 is 0.838 bits per heavy atom. The van der Waals surface area contributed by atoms with Crippen LogP contribution in [0.2, 0.25) is 0 Å². The second-order valence-electron chi connectivity index (χ2n) is 35.6. The number of esters is 7. The average molecular weight is 2050 g/mol. The van der Waals surface area contributed by atoms with E-state index in [4.69, 9.17) is 14.9 Å². The molecule has 1 aliphatic heterocycles. The monoisotopic (exact) mass is 2040 g/mol. The topological polar surface area (TPSA) is 355 Å². The molecule has 2 bridgehead atoms. The molecular formula is C84H117F29O23. The van der Waals surface area contributed by atoms with E-state index in [-0.39, 0.29) is 78.4 Å². The van der Waals surface area contributed by atoms with E-state index < -0.39 is 228 Å². The fourth-order valence-corrected chi connectivity index (χ4v) is 12.9. The van der Waals surface area contributed by atoms with Crippen molar-refractivity contribution in [3.05, 3.63) is 85.1 Å². The molecule has 1 heterocycles. The van der Waals surface area contributed by atoms with Crippen molar-refractivity contribution >= 4 is 41.8 Å². The Labute approximate surface area is 763 Å². The smallest absolute Gasteiger partial charge is 0.426 e. The van der Waals surface area contributed by atoms with Gasteiger partial charge in [-0.05, 0) is 213 Å². The summed E-state index contributed by atoms with van der Waals surface area (Å²) in [6, 6.07) is 0. The van der Waals surface area contributed by atoms with Gasteiger partial charge in [-0.3, -0.25) is 0 Å². The van der Waals surface area contributed by atoms with Gasteiger partial charge in [-0.15, -0.1) is 0 Å². The molecule has 0 aromatic heterocycles. The molecule has 794 valence electrons. The van der Waals surface area contributed by atoms with E-state index in [1.54, 1.807) is 6.92 Å². The van der Waals surface area contributed by atoms with Crippen molar-refractivity contribution in [3.8, 4) is 0 Å². The summed E-state index contributed by atoms with van der Waals surface area (Å²) in [4.78, 5) is 77.4. The number of aliphatic hydroxyl groups is 8. The predicted molar refractivity (Wildman–Crippen MR) is 421 cm³/mol. The van der Waals surface area contributed by atoms with Crippen LogP contribution in [0.3, 0.4) is 0 Å². The molecule has 4 saturated carbocycles. The SMILES string of the molecule is C=C(C)C(=O)OC.C=C(C)C(=O)OC(C)(C)C(C)(O)C(F)(F)F.C=C(C)C(=O)OC(C)CC(C)(O)C(F)(F)F.C=C(C)C(=O)OC1(C(C)(O)C(F)(F)F)CCCC1.C=C(C)C(=O)OC1CC(C(C)(O)C(F)(F)F)CC(C(O)(C(F)(F)F)C(F)(F)F)C1.C=C(C)C(=O)OC1CC(C)(O)OC(C)(C(F)(F)F)C1(F)F.C=C(C)C(=O)OCC(C)(O)C(F)(F)F.CC(O)(CC1CC2CCC1C2)C(F)(F)F. The number of alkyl halides is 29. The fraction of sp³-hybridized carbons (Fsp3) is 0.750. The number of ether oxygens (including phenoxy) is 8. The summed E-state index contributed by atoms with van der Waals surface area (Å²) in [5.74, 6) is -17.5. The molecule has 136 heavy (non-hydrogen) atoms. The Balaban J connectivity index is -0.00000152. The third kappa shape index (κ3) is 35.7. The maximum absolute atomic E-state index is 14.1. The number of hydrogen-bond donors (Lipinski definition) is 8. The third-order valence-corrected chi connectivity index (χ3v) is 22.3. The highest BCUT2D eigenvalue weighted by Crippen LogP contribution is 2.58. The van der Waals surface area contributed by atoms with Gasteiger partial charge in [-0.25, -0.2) is 33.6 Å². The van der Waals surface area contributed by atoms with E-state index in [9.17, 15) is 192 Å². The Kier molecular flexibility index (Phi) is 45.8. The van der Waals surface area contributed by atoms with Crippen LogP contribution in [-0.2, 0) is 71.5 Å². The highest BCUT2D eigenvalue weighted by Gasteiger charge is 2.78. The molecule has 16 atom stereocenters. The van der Waals surface area contributed by atoms with Gasteiger partial charge in [0.15, 0.2) is 45.5 Å². The molecule has 5 aliphatic rings. The molecule has 52 heteroatoms. The minimum atomic E-state index is -6.29. The first-order chi connectivity index (χ1) is 59.7. The van der Waals surface area contributed by atoms with E-state index in [1.165, 1.54) is 48.1 Å². The van der Waals surface area contributed by atoms with Gasteiger partial charge in [-0.1, -0.05) is 52.5 Å². The molecule has 5 rings (SSSR count). The maximum Gasteiger partial charge on any atom is 0.426 e. The van der Waals surface area contributed by atoms with Gasteiger partial charge in [-0.2, -0.15) is 127 Å². The van der Waals surface area contributed by atoms with E-state index in [0.717, 1.165) is 60.8 Å². The van der Waals surface area contributed by atoms with E-state index >= 15 is 0 Å². The minimum Gasteiger partial charge on any atom is -0.466 e. The summed E-state index contributed by atoms with van der Waals surface area (Å²) in [6.45, 7) is 38.4. The van der Waals surface area contributed by atoms with Crippen molar-refractivity contribution < 1.29 is 240 Å². The molecule has 23 nitrogen and oxygen atoms in total. The number of methoxy groups -OCH3 is 1. The minimum absolute atomic E-state index is 0.00146. The van der Waals surface area contributed by atoms with Gasteiger partial charge in [0.1, 0.15) is 30.0 Å². The number of hydrogen-bond acceptors (Lipinski definition) is 23. The first-order valence-corrected chi connectivity index (χ1v) is 40.1. The Bertz CT molecular complexity index is 4100. The number of carbonyl (C=O) groups is 7. The number of halogens is 29. The summed E-state index contributed by atoms with van der Waals surface area (Å²) in [5, 5.41) is 75.6. The van der Waals surface area contributed by atoms with Crippen molar-refractivity contribution in [1.82, 2.24) is 0 Å². The van der Waals surface area contributed by atoms with Gasteiger partial charge in [0.05, 0.1) is 7.11 Å². The largest absolute Gasteiger partial charge is 0.466 e. The van der Waals surface area contributed by atoms with Crippen LogP contribution in [0.4, 0.5) is 127 Å². The van der Waals surface area contributed by atoms with Crippen molar-refractivity contribution in [2.45, 2.75) is 356 Å². The number of fused-ring (bicyclic) bond motifs is 2. The summed E-state index contributed by atoms with van der Waals surface area (Å²) in [6.07, 6.45) is -52.9. The Hall–Kier alpha value is -7.92. The van der Waals surface area contributed by atoms with Crippen molar-refractivity contribution in [2.75, 3.05) is 13.7 Å². The Morgan fingerprint density at radius 1 is 0.449 bits per heavy atom. The lowest BCUT2D eigenvalue weighted by molar-refractivity contribution is -0.435. The highest BCUT2D eigenvalue weighted by atomic mass is 19.4. The summed E-state index contributed by atoms with van der Waals surface area (Å²) < 4.78 is 408. The van der Waals surface area contributed by atoms with Crippen molar-refractivity contribution in [2.24, 2.45) is 29.6 Å². The van der Waals surface area contributed by atoms with Crippen LogP contribution in [0.15, 0.2) is 85.1 Å². The molecule has 4 aliphatic carbocycles. The van der Waals surface area contributed by atoms with Crippen LogP contribution in [0.25, 0.3) is 0 Å². The zero-order chi connectivity index (χ0) is 109. The maximum atomic E-state index is 14.1. The average Bonchev–Trinajstić information content (AvgIpc) is 0.829. The lowest BCUT2D eigenvalue weighted by Gasteiger charge is -2.50. The highest BCUT2D eigenvalue weighted by molar-refractivity contribution is 5.89. The van der Waals surface area contributed by atoms with Gasteiger partial charge >= 0.3 is 103 Å². The van der Waals surface area contributed by atoms with E-state index in [0.29, 0.717) is 57.9 Å². The molecule has 16 unspecified atom stereocenters.